The molecule has 21 heavy (non-hydrogen) atoms. The van der Waals surface area contributed by atoms with Crippen LogP contribution >= 0.6 is 40.9 Å². The Balaban J connectivity index is 2.78. The van der Waals surface area contributed by atoms with Crippen molar-refractivity contribution in [3.05, 3.63) is 30.3 Å². The maximum Gasteiger partial charge on any atom is 0.354 e. The number of rotatable bonds is 9. The first-order valence-corrected chi connectivity index (χ1v) is 11.9. The summed E-state index contributed by atoms with van der Waals surface area (Å²) in [5.41, 5.74) is 0. The third kappa shape index (κ3) is 7.02. The van der Waals surface area contributed by atoms with Crippen molar-refractivity contribution < 1.29 is 13.6 Å². The summed E-state index contributed by atoms with van der Waals surface area (Å²) in [5, 5.41) is 0. The summed E-state index contributed by atoms with van der Waals surface area (Å²) in [6.07, 6.45) is 1.67. The normalized spacial score (nSPS) is 13.9. The van der Waals surface area contributed by atoms with E-state index in [0.29, 0.717) is 0 Å². The summed E-state index contributed by atoms with van der Waals surface area (Å²) in [7, 11) is -0.0438. The van der Waals surface area contributed by atoms with Crippen molar-refractivity contribution in [1.82, 2.24) is 0 Å². The van der Waals surface area contributed by atoms with Crippen LogP contribution < -0.4 is 0 Å². The zero-order valence-electron chi connectivity index (χ0n) is 13.0. The lowest BCUT2D eigenvalue weighted by molar-refractivity contribution is 0.144. The highest BCUT2D eigenvalue weighted by molar-refractivity contribution is 8.79. The molecule has 0 amide bonds. The van der Waals surface area contributed by atoms with Gasteiger partial charge in [-0.25, -0.2) is 0 Å². The molecule has 0 saturated heterocycles. The first-order valence-electron chi connectivity index (χ1n) is 6.75. The third-order valence-electron chi connectivity index (χ3n) is 2.15. The monoisotopic (exact) mass is 366 g/mol. The Labute approximate surface area is 140 Å². The second-order valence-corrected chi connectivity index (χ2v) is 11.2. The van der Waals surface area contributed by atoms with E-state index in [9.17, 15) is 4.57 Å². The van der Waals surface area contributed by atoms with Crippen LogP contribution in [0, 0.1) is 0 Å². The molecular weight excluding hydrogens is 343 g/mol. The molecule has 0 saturated carbocycles. The molecule has 1 aromatic rings. The van der Waals surface area contributed by atoms with E-state index in [1.165, 1.54) is 22.6 Å². The maximum atomic E-state index is 13.1. The Morgan fingerprint density at radius 3 is 1.95 bits per heavy atom. The van der Waals surface area contributed by atoms with Gasteiger partial charge < -0.3 is 9.05 Å². The van der Waals surface area contributed by atoms with E-state index in [1.54, 1.807) is 10.8 Å². The van der Waals surface area contributed by atoms with Crippen LogP contribution in [0.1, 0.15) is 27.7 Å². The van der Waals surface area contributed by atoms with Gasteiger partial charge in [0.15, 0.2) is 4.32 Å². The Hall–Kier alpha value is 0.420. The minimum absolute atomic E-state index is 0.133. The predicted molar refractivity (Wildman–Crippen MR) is 97.2 cm³/mol. The van der Waals surface area contributed by atoms with Gasteiger partial charge >= 0.3 is 7.60 Å². The van der Waals surface area contributed by atoms with Gasteiger partial charge in [0.25, 0.3) is 0 Å². The van der Waals surface area contributed by atoms with Crippen molar-refractivity contribution in [2.45, 2.75) is 49.1 Å². The topological polar surface area (TPSA) is 35.5 Å². The van der Waals surface area contributed by atoms with Crippen molar-refractivity contribution in [1.29, 1.82) is 0 Å². The molecule has 1 unspecified atom stereocenters. The van der Waals surface area contributed by atoms with Gasteiger partial charge in [0.1, 0.15) is 0 Å². The summed E-state index contributed by atoms with van der Waals surface area (Å²) in [4.78, 5) is 1.13. The van der Waals surface area contributed by atoms with Crippen molar-refractivity contribution in [2.75, 3.05) is 6.26 Å². The fourth-order valence-corrected chi connectivity index (χ4v) is 9.07. The van der Waals surface area contributed by atoms with E-state index in [1.807, 2.05) is 64.3 Å². The minimum atomic E-state index is -3.17. The molecule has 7 heteroatoms. The van der Waals surface area contributed by atoms with E-state index in [4.69, 9.17) is 9.05 Å². The summed E-state index contributed by atoms with van der Waals surface area (Å²) in [5.74, 6) is 0. The van der Waals surface area contributed by atoms with Gasteiger partial charge in [-0.1, -0.05) is 39.8 Å². The fourth-order valence-electron chi connectivity index (χ4n) is 1.51. The third-order valence-corrected chi connectivity index (χ3v) is 10.8. The summed E-state index contributed by atoms with van der Waals surface area (Å²) >= 11 is 1.51. The molecule has 0 aliphatic carbocycles. The lowest BCUT2D eigenvalue weighted by atomic mass is 10.4. The molecule has 0 aliphatic rings. The van der Waals surface area contributed by atoms with Crippen LogP contribution in [0.25, 0.3) is 0 Å². The number of benzene rings is 1. The lowest BCUT2D eigenvalue weighted by Gasteiger charge is -2.28. The largest absolute Gasteiger partial charge is 0.354 e. The van der Waals surface area contributed by atoms with E-state index in [0.717, 1.165) is 4.90 Å². The van der Waals surface area contributed by atoms with Crippen LogP contribution in [0.3, 0.4) is 0 Å². The van der Waals surface area contributed by atoms with Crippen LogP contribution in [0.4, 0.5) is 0 Å². The molecule has 0 aromatic heterocycles. The Bertz CT molecular complexity index is 440. The molecular formula is C14H23O3PS3. The van der Waals surface area contributed by atoms with Crippen molar-refractivity contribution in [3.63, 3.8) is 0 Å². The van der Waals surface area contributed by atoms with Crippen LogP contribution in [0.15, 0.2) is 35.2 Å². The Morgan fingerprint density at radius 2 is 1.52 bits per heavy atom. The second kappa shape index (κ2) is 9.53. The zero-order chi connectivity index (χ0) is 15.9. The molecule has 0 heterocycles. The molecule has 3 nitrogen and oxygen atoms in total. The standard InChI is InChI=1S/C14H23O3PS3/c1-11(2)16-18(15,17-12(3)4)14(19-5)21-20-13-9-7-6-8-10-13/h6-12,14H,1-5H3. The van der Waals surface area contributed by atoms with Crippen molar-refractivity contribution in [2.24, 2.45) is 0 Å². The zero-order valence-corrected chi connectivity index (χ0v) is 16.4. The Morgan fingerprint density at radius 1 is 1.00 bits per heavy atom. The van der Waals surface area contributed by atoms with Gasteiger partial charge in [-0.3, -0.25) is 4.57 Å². The summed E-state index contributed by atoms with van der Waals surface area (Å²) in [6, 6.07) is 10.0. The molecule has 0 N–H and O–H groups in total. The predicted octanol–water partition coefficient (Wildman–Crippen LogP) is 6.12. The number of thioether (sulfide) groups is 1. The molecule has 1 rings (SSSR count). The first kappa shape index (κ1) is 19.5. The van der Waals surface area contributed by atoms with Crippen LogP contribution in [-0.2, 0) is 13.6 Å². The number of hydrogen-bond donors (Lipinski definition) is 0. The molecule has 1 aromatic carbocycles. The lowest BCUT2D eigenvalue weighted by Crippen LogP contribution is -2.13. The van der Waals surface area contributed by atoms with Crippen LogP contribution in [-0.4, -0.2) is 22.8 Å². The van der Waals surface area contributed by atoms with Crippen molar-refractivity contribution in [3.8, 4) is 0 Å². The van der Waals surface area contributed by atoms with E-state index in [2.05, 4.69) is 0 Å². The van der Waals surface area contributed by atoms with Gasteiger partial charge in [-0.2, -0.15) is 0 Å². The number of hydrogen-bond acceptors (Lipinski definition) is 6. The van der Waals surface area contributed by atoms with E-state index < -0.39 is 7.60 Å². The SMILES string of the molecule is CSC(SSc1ccccc1)P(=O)(OC(C)C)OC(C)C. The van der Waals surface area contributed by atoms with Gasteiger partial charge in [0.05, 0.1) is 12.2 Å². The molecule has 0 spiro atoms. The van der Waals surface area contributed by atoms with Gasteiger partial charge in [-0.05, 0) is 46.1 Å². The average molecular weight is 367 g/mol. The van der Waals surface area contributed by atoms with Crippen LogP contribution in [0.5, 0.6) is 0 Å². The van der Waals surface area contributed by atoms with E-state index in [-0.39, 0.29) is 16.5 Å². The maximum absolute atomic E-state index is 13.1. The first-order chi connectivity index (χ1) is 9.87. The van der Waals surface area contributed by atoms with Crippen LogP contribution in [0.2, 0.25) is 0 Å². The van der Waals surface area contributed by atoms with Gasteiger partial charge in [-0.15, -0.1) is 11.8 Å². The highest BCUT2D eigenvalue weighted by atomic mass is 33.1. The second-order valence-electron chi connectivity index (χ2n) is 4.88. The molecule has 0 bridgehead atoms. The fraction of sp³-hybridized carbons (Fsp3) is 0.571. The molecule has 0 radical (unpaired) electrons. The summed E-state index contributed by atoms with van der Waals surface area (Å²) < 4.78 is 24.2. The molecule has 120 valence electrons. The quantitative estimate of drug-likeness (QED) is 0.298. The summed E-state index contributed by atoms with van der Waals surface area (Å²) in [6.45, 7) is 7.51. The minimum Gasteiger partial charge on any atom is -0.304 e. The van der Waals surface area contributed by atoms with Gasteiger partial charge in [0, 0.05) is 4.90 Å². The molecule has 1 atom stereocenters. The Kier molecular flexibility index (Phi) is 8.84. The molecule has 0 fully saturated rings. The smallest absolute Gasteiger partial charge is 0.304 e. The highest BCUT2D eigenvalue weighted by Crippen LogP contribution is 2.64. The molecule has 0 aliphatic heterocycles. The van der Waals surface area contributed by atoms with E-state index >= 15 is 0 Å². The van der Waals surface area contributed by atoms with Crippen molar-refractivity contribution >= 4 is 40.9 Å². The average Bonchev–Trinajstić information content (AvgIpc) is 2.38. The highest BCUT2D eigenvalue weighted by Gasteiger charge is 2.38. The van der Waals surface area contributed by atoms with Gasteiger partial charge in [0.2, 0.25) is 0 Å².